The molecule has 0 aliphatic rings. The summed E-state index contributed by atoms with van der Waals surface area (Å²) in [5, 5.41) is 24.1. The van der Waals surface area contributed by atoms with Crippen LogP contribution in [0.25, 0.3) is 5.69 Å². The number of nitrogens with one attached hydrogen (secondary N) is 1. The van der Waals surface area contributed by atoms with E-state index in [0.717, 1.165) is 0 Å². The number of ether oxygens (including phenoxy) is 4. The Kier molecular flexibility index (Phi) is 7.68. The summed E-state index contributed by atoms with van der Waals surface area (Å²) < 4.78 is 22.8. The minimum Gasteiger partial charge on any atom is -0.496 e. The van der Waals surface area contributed by atoms with E-state index >= 15 is 0 Å². The fourth-order valence-corrected chi connectivity index (χ4v) is 3.09. The molecule has 170 valence electrons. The van der Waals surface area contributed by atoms with Crippen LogP contribution in [0.2, 0.25) is 5.02 Å². The smallest absolute Gasteiger partial charge is 0.255 e. The molecule has 1 aromatic heterocycles. The van der Waals surface area contributed by atoms with Crippen molar-refractivity contribution in [3.05, 3.63) is 47.2 Å². The predicted molar refractivity (Wildman–Crippen MR) is 114 cm³/mol. The number of benzene rings is 2. The number of aliphatic hydroxyl groups excluding tert-OH is 1. The van der Waals surface area contributed by atoms with Crippen LogP contribution in [0.5, 0.6) is 23.0 Å². The van der Waals surface area contributed by atoms with Crippen LogP contribution in [0.15, 0.2) is 36.7 Å². The second kappa shape index (κ2) is 10.6. The minimum atomic E-state index is -1.00. The molecular formula is C20H22ClN5O6. The highest BCUT2D eigenvalue weighted by Gasteiger charge is 2.19. The lowest BCUT2D eigenvalue weighted by atomic mass is 10.1. The summed E-state index contributed by atoms with van der Waals surface area (Å²) in [6.07, 6.45) is 0.364. The van der Waals surface area contributed by atoms with Crippen LogP contribution in [-0.2, 0) is 0 Å². The lowest BCUT2D eigenvalue weighted by Gasteiger charge is -2.17. The number of aliphatic hydroxyl groups is 1. The highest BCUT2D eigenvalue weighted by atomic mass is 35.5. The van der Waals surface area contributed by atoms with Gasteiger partial charge in [-0.25, -0.2) is 0 Å². The largest absolute Gasteiger partial charge is 0.496 e. The number of carbonyl (C=O) groups excluding carboxylic acids is 1. The van der Waals surface area contributed by atoms with Crippen molar-refractivity contribution in [1.29, 1.82) is 0 Å². The van der Waals surface area contributed by atoms with E-state index in [1.807, 2.05) is 0 Å². The van der Waals surface area contributed by atoms with Gasteiger partial charge in [0.2, 0.25) is 5.75 Å². The summed E-state index contributed by atoms with van der Waals surface area (Å²) in [7, 11) is 4.43. The molecule has 0 aliphatic carbocycles. The van der Waals surface area contributed by atoms with E-state index in [0.29, 0.717) is 22.9 Å². The molecule has 12 heteroatoms. The highest BCUT2D eigenvalue weighted by Crippen LogP contribution is 2.36. The summed E-state index contributed by atoms with van der Waals surface area (Å²) in [5.74, 6) is 1.06. The van der Waals surface area contributed by atoms with Crippen LogP contribution in [0.4, 0.5) is 0 Å². The number of amides is 1. The Morgan fingerprint density at radius 2 is 1.84 bits per heavy atom. The van der Waals surface area contributed by atoms with E-state index in [-0.39, 0.29) is 29.5 Å². The van der Waals surface area contributed by atoms with Crippen LogP contribution in [0, 0.1) is 0 Å². The molecule has 1 amide bonds. The van der Waals surface area contributed by atoms with Crippen LogP contribution in [0.3, 0.4) is 0 Å². The van der Waals surface area contributed by atoms with Crippen molar-refractivity contribution in [2.45, 2.75) is 6.10 Å². The van der Waals surface area contributed by atoms with Gasteiger partial charge in [0, 0.05) is 12.6 Å². The van der Waals surface area contributed by atoms with E-state index in [1.54, 1.807) is 24.3 Å². The number of methoxy groups -OCH3 is 3. The van der Waals surface area contributed by atoms with E-state index in [1.165, 1.54) is 38.4 Å². The number of tetrazole rings is 1. The quantitative estimate of drug-likeness (QED) is 0.459. The topological polar surface area (TPSA) is 130 Å². The van der Waals surface area contributed by atoms with Gasteiger partial charge in [-0.1, -0.05) is 17.7 Å². The molecular weight excluding hydrogens is 442 g/mol. The number of hydrogen-bond donors (Lipinski definition) is 2. The molecule has 1 unspecified atom stereocenters. The van der Waals surface area contributed by atoms with Gasteiger partial charge < -0.3 is 29.4 Å². The molecule has 1 heterocycles. The Morgan fingerprint density at radius 3 is 2.44 bits per heavy atom. The number of aromatic nitrogens is 4. The fourth-order valence-electron chi connectivity index (χ4n) is 2.84. The maximum Gasteiger partial charge on any atom is 0.255 e. The van der Waals surface area contributed by atoms with Gasteiger partial charge in [-0.3, -0.25) is 4.79 Å². The first-order valence-electron chi connectivity index (χ1n) is 9.39. The molecule has 3 aromatic rings. The summed E-state index contributed by atoms with van der Waals surface area (Å²) in [6.45, 7) is -0.182. The molecule has 0 saturated heterocycles. The van der Waals surface area contributed by atoms with Crippen LogP contribution >= 0.6 is 11.6 Å². The number of halogens is 1. The van der Waals surface area contributed by atoms with Crippen LogP contribution in [0.1, 0.15) is 10.4 Å². The molecule has 2 aromatic carbocycles. The third-order valence-corrected chi connectivity index (χ3v) is 4.71. The molecule has 3 rings (SSSR count). The number of nitrogens with zero attached hydrogens (tertiary/aromatic N) is 4. The van der Waals surface area contributed by atoms with Crippen molar-refractivity contribution >= 4 is 17.5 Å². The first kappa shape index (κ1) is 23.1. The monoisotopic (exact) mass is 463 g/mol. The van der Waals surface area contributed by atoms with Crippen molar-refractivity contribution in [2.75, 3.05) is 34.5 Å². The first-order chi connectivity index (χ1) is 15.5. The normalized spacial score (nSPS) is 11.5. The van der Waals surface area contributed by atoms with Crippen molar-refractivity contribution in [3.8, 4) is 28.7 Å². The Labute approximate surface area is 188 Å². The molecule has 1 atom stereocenters. The van der Waals surface area contributed by atoms with Gasteiger partial charge in [0.05, 0.1) is 37.6 Å². The predicted octanol–water partition coefficient (Wildman–Crippen LogP) is 1.51. The summed E-state index contributed by atoms with van der Waals surface area (Å²) in [4.78, 5) is 12.7. The standard InChI is InChI=1S/C20H22ClN5O6/c1-29-16-5-4-6-17(30-2)19(16)32-10-12(27)9-22-20(28)13-7-14(21)15(8-18(13)31-3)26-11-23-24-25-26/h4-8,11-12,27H,9-10H2,1-3H3,(H,22,28). The van der Waals surface area contributed by atoms with Gasteiger partial charge in [-0.2, -0.15) is 4.68 Å². The highest BCUT2D eigenvalue weighted by molar-refractivity contribution is 6.33. The second-order valence-electron chi connectivity index (χ2n) is 6.42. The molecule has 0 bridgehead atoms. The minimum absolute atomic E-state index is 0.0776. The fraction of sp³-hybridized carbons (Fsp3) is 0.300. The molecule has 11 nitrogen and oxygen atoms in total. The number of hydrogen-bond acceptors (Lipinski definition) is 9. The van der Waals surface area contributed by atoms with Gasteiger partial charge in [0.1, 0.15) is 24.8 Å². The molecule has 0 fully saturated rings. The zero-order valence-electron chi connectivity index (χ0n) is 17.6. The zero-order chi connectivity index (χ0) is 23.1. The maximum absolute atomic E-state index is 12.7. The van der Waals surface area contributed by atoms with E-state index in [9.17, 15) is 9.90 Å². The molecule has 0 spiro atoms. The van der Waals surface area contributed by atoms with Gasteiger partial charge in [0.25, 0.3) is 5.91 Å². The average molecular weight is 464 g/mol. The third-order valence-electron chi connectivity index (χ3n) is 4.41. The average Bonchev–Trinajstić information content (AvgIpc) is 3.35. The van der Waals surface area contributed by atoms with Gasteiger partial charge in [0.15, 0.2) is 11.5 Å². The summed E-state index contributed by atoms with van der Waals surface area (Å²) >= 11 is 6.29. The molecule has 0 saturated carbocycles. The van der Waals surface area contributed by atoms with E-state index in [2.05, 4.69) is 20.8 Å². The summed E-state index contributed by atoms with van der Waals surface area (Å²) in [5.41, 5.74) is 0.637. The van der Waals surface area contributed by atoms with E-state index in [4.69, 9.17) is 30.5 Å². The maximum atomic E-state index is 12.7. The Morgan fingerprint density at radius 1 is 1.16 bits per heavy atom. The summed E-state index contributed by atoms with van der Waals surface area (Å²) in [6, 6.07) is 8.16. The van der Waals surface area contributed by atoms with Gasteiger partial charge in [-0.05, 0) is 28.6 Å². The van der Waals surface area contributed by atoms with Gasteiger partial charge in [-0.15, -0.1) is 5.10 Å². The Bertz CT molecular complexity index is 1040. The second-order valence-corrected chi connectivity index (χ2v) is 6.83. The van der Waals surface area contributed by atoms with Crippen molar-refractivity contribution in [3.63, 3.8) is 0 Å². The molecule has 0 aliphatic heterocycles. The van der Waals surface area contributed by atoms with Crippen LogP contribution in [-0.4, -0.2) is 71.8 Å². The Hall–Kier alpha value is -3.57. The van der Waals surface area contributed by atoms with Crippen molar-refractivity contribution in [2.24, 2.45) is 0 Å². The lowest BCUT2D eigenvalue weighted by Crippen LogP contribution is -2.35. The molecule has 0 radical (unpaired) electrons. The van der Waals surface area contributed by atoms with Gasteiger partial charge >= 0.3 is 0 Å². The van der Waals surface area contributed by atoms with Crippen molar-refractivity contribution < 1.29 is 28.8 Å². The SMILES string of the molecule is COc1cc(-n2cnnn2)c(Cl)cc1C(=O)NCC(O)COc1c(OC)cccc1OC. The Balaban J connectivity index is 1.64. The van der Waals surface area contributed by atoms with E-state index < -0.39 is 12.0 Å². The molecule has 2 N–H and O–H groups in total. The zero-order valence-corrected chi connectivity index (χ0v) is 18.4. The number of carbonyl (C=O) groups is 1. The van der Waals surface area contributed by atoms with Crippen molar-refractivity contribution in [1.82, 2.24) is 25.5 Å². The number of para-hydroxylation sites is 1. The first-order valence-corrected chi connectivity index (χ1v) is 9.77. The number of rotatable bonds is 10. The van der Waals surface area contributed by atoms with Crippen LogP contribution < -0.4 is 24.3 Å². The third kappa shape index (κ3) is 5.18. The molecule has 32 heavy (non-hydrogen) atoms. The lowest BCUT2D eigenvalue weighted by molar-refractivity contribution is 0.0831.